The van der Waals surface area contributed by atoms with Crippen molar-refractivity contribution in [2.24, 2.45) is 0 Å². The zero-order valence-corrected chi connectivity index (χ0v) is 11.6. The van der Waals surface area contributed by atoms with E-state index in [-0.39, 0.29) is 11.4 Å². The first-order valence-corrected chi connectivity index (χ1v) is 6.06. The van der Waals surface area contributed by atoms with Gasteiger partial charge in [0.15, 0.2) is 11.5 Å². The van der Waals surface area contributed by atoms with Gasteiger partial charge in [0.1, 0.15) is 5.60 Å². The Kier molecular flexibility index (Phi) is 3.05. The summed E-state index contributed by atoms with van der Waals surface area (Å²) in [6, 6.07) is 0. The summed E-state index contributed by atoms with van der Waals surface area (Å²) in [5.41, 5.74) is 1.58. The standard InChI is InChI=1S/C14H20O4/c1-8-9-6-7-14(2,3)18-11(9)13(17-5)12(16-4)10(8)15/h15H,6-7H2,1-5H3. The summed E-state index contributed by atoms with van der Waals surface area (Å²) in [5, 5.41) is 10.1. The average Bonchev–Trinajstić information content (AvgIpc) is 2.32. The molecule has 18 heavy (non-hydrogen) atoms. The molecule has 0 unspecified atom stereocenters. The highest BCUT2D eigenvalue weighted by Gasteiger charge is 2.33. The third kappa shape index (κ3) is 1.85. The van der Waals surface area contributed by atoms with Crippen molar-refractivity contribution in [1.82, 2.24) is 0 Å². The normalized spacial score (nSPS) is 16.7. The van der Waals surface area contributed by atoms with Gasteiger partial charge in [0.2, 0.25) is 11.5 Å². The van der Waals surface area contributed by atoms with Gasteiger partial charge in [-0.05, 0) is 33.6 Å². The molecule has 4 heteroatoms. The van der Waals surface area contributed by atoms with Gasteiger partial charge >= 0.3 is 0 Å². The number of hydrogen-bond acceptors (Lipinski definition) is 4. The minimum Gasteiger partial charge on any atom is -0.504 e. The van der Waals surface area contributed by atoms with Gasteiger partial charge in [-0.25, -0.2) is 0 Å². The Bertz CT molecular complexity index is 477. The highest BCUT2D eigenvalue weighted by atomic mass is 16.5. The Hall–Kier alpha value is -1.58. The molecule has 1 aliphatic rings. The summed E-state index contributed by atoms with van der Waals surface area (Å²) >= 11 is 0. The number of aromatic hydroxyl groups is 1. The maximum absolute atomic E-state index is 10.1. The molecule has 4 nitrogen and oxygen atoms in total. The second kappa shape index (κ2) is 4.26. The number of phenolic OH excluding ortho intramolecular Hbond substituents is 1. The van der Waals surface area contributed by atoms with Crippen molar-refractivity contribution in [2.75, 3.05) is 14.2 Å². The Balaban J connectivity index is 2.68. The second-order valence-electron chi connectivity index (χ2n) is 5.21. The minimum atomic E-state index is -0.227. The number of hydrogen-bond donors (Lipinski definition) is 1. The van der Waals surface area contributed by atoms with Crippen molar-refractivity contribution in [3.63, 3.8) is 0 Å². The van der Waals surface area contributed by atoms with Gasteiger partial charge < -0.3 is 19.3 Å². The number of fused-ring (bicyclic) bond motifs is 1. The number of ether oxygens (including phenoxy) is 3. The van der Waals surface area contributed by atoms with Gasteiger partial charge in [-0.1, -0.05) is 0 Å². The van der Waals surface area contributed by atoms with E-state index in [1.807, 2.05) is 20.8 Å². The van der Waals surface area contributed by atoms with E-state index in [1.54, 1.807) is 7.11 Å². The average molecular weight is 252 g/mol. The van der Waals surface area contributed by atoms with Gasteiger partial charge in [-0.3, -0.25) is 0 Å². The number of phenols is 1. The first-order chi connectivity index (χ1) is 8.41. The smallest absolute Gasteiger partial charge is 0.207 e. The summed E-state index contributed by atoms with van der Waals surface area (Å²) in [6.07, 6.45) is 1.78. The molecular formula is C14H20O4. The molecular weight excluding hydrogens is 232 g/mol. The van der Waals surface area contributed by atoms with E-state index in [0.717, 1.165) is 24.0 Å². The number of rotatable bonds is 2. The number of benzene rings is 1. The molecule has 1 N–H and O–H groups in total. The van der Waals surface area contributed by atoms with Crippen molar-refractivity contribution < 1.29 is 19.3 Å². The molecule has 0 radical (unpaired) electrons. The summed E-state index contributed by atoms with van der Waals surface area (Å²) in [7, 11) is 3.06. The van der Waals surface area contributed by atoms with Crippen molar-refractivity contribution in [3.8, 4) is 23.0 Å². The van der Waals surface area contributed by atoms with Crippen LogP contribution >= 0.6 is 0 Å². The largest absolute Gasteiger partial charge is 0.504 e. The van der Waals surface area contributed by atoms with Crippen LogP contribution in [0.5, 0.6) is 23.0 Å². The highest BCUT2D eigenvalue weighted by molar-refractivity contribution is 5.66. The van der Waals surface area contributed by atoms with Crippen molar-refractivity contribution in [3.05, 3.63) is 11.1 Å². The van der Waals surface area contributed by atoms with Crippen molar-refractivity contribution in [1.29, 1.82) is 0 Å². The SMILES string of the molecule is COc1c(O)c(C)c2c(c1OC)OC(C)(C)CC2. The maximum atomic E-state index is 10.1. The molecule has 0 saturated heterocycles. The van der Waals surface area contributed by atoms with Crippen LogP contribution in [0.25, 0.3) is 0 Å². The topological polar surface area (TPSA) is 47.9 Å². The Morgan fingerprint density at radius 1 is 1.17 bits per heavy atom. The molecule has 1 aromatic carbocycles. The maximum Gasteiger partial charge on any atom is 0.207 e. The van der Waals surface area contributed by atoms with Gasteiger partial charge in [0, 0.05) is 11.1 Å². The third-order valence-electron chi connectivity index (χ3n) is 3.47. The molecule has 0 spiro atoms. The Morgan fingerprint density at radius 2 is 1.78 bits per heavy atom. The summed E-state index contributed by atoms with van der Waals surface area (Å²) in [4.78, 5) is 0. The van der Waals surface area contributed by atoms with Gasteiger partial charge in [-0.15, -0.1) is 0 Å². The molecule has 0 saturated carbocycles. The fourth-order valence-electron chi connectivity index (χ4n) is 2.37. The van der Waals surface area contributed by atoms with Crippen LogP contribution in [0, 0.1) is 6.92 Å². The molecule has 0 fully saturated rings. The van der Waals surface area contributed by atoms with Crippen LogP contribution in [0.15, 0.2) is 0 Å². The molecule has 0 aliphatic carbocycles. The third-order valence-corrected chi connectivity index (χ3v) is 3.47. The van der Waals surface area contributed by atoms with Crippen LogP contribution in [0.2, 0.25) is 0 Å². The van der Waals surface area contributed by atoms with Gasteiger partial charge in [-0.2, -0.15) is 0 Å². The second-order valence-corrected chi connectivity index (χ2v) is 5.21. The zero-order valence-electron chi connectivity index (χ0n) is 11.6. The molecule has 0 aromatic heterocycles. The number of methoxy groups -OCH3 is 2. The van der Waals surface area contributed by atoms with Crippen LogP contribution in [-0.2, 0) is 6.42 Å². The first-order valence-electron chi connectivity index (χ1n) is 6.06. The van der Waals surface area contributed by atoms with Crippen LogP contribution in [0.1, 0.15) is 31.4 Å². The molecule has 1 aliphatic heterocycles. The molecule has 0 amide bonds. The molecule has 1 heterocycles. The highest BCUT2D eigenvalue weighted by Crippen LogP contribution is 2.52. The van der Waals surface area contributed by atoms with E-state index in [2.05, 4.69) is 0 Å². The molecule has 0 bridgehead atoms. The lowest BCUT2D eigenvalue weighted by molar-refractivity contribution is 0.0791. The van der Waals surface area contributed by atoms with E-state index >= 15 is 0 Å². The Labute approximate surface area is 107 Å². The van der Waals surface area contributed by atoms with E-state index in [4.69, 9.17) is 14.2 Å². The first kappa shape index (κ1) is 12.9. The fourth-order valence-corrected chi connectivity index (χ4v) is 2.37. The van der Waals surface area contributed by atoms with E-state index in [9.17, 15) is 5.11 Å². The quantitative estimate of drug-likeness (QED) is 0.879. The van der Waals surface area contributed by atoms with E-state index in [0.29, 0.717) is 17.2 Å². The summed E-state index contributed by atoms with van der Waals surface area (Å²) in [5.74, 6) is 1.65. The Morgan fingerprint density at radius 3 is 2.33 bits per heavy atom. The molecule has 100 valence electrons. The van der Waals surface area contributed by atoms with E-state index in [1.165, 1.54) is 7.11 Å². The molecule has 0 atom stereocenters. The predicted molar refractivity (Wildman–Crippen MR) is 69.0 cm³/mol. The minimum absolute atomic E-state index is 0.136. The zero-order chi connectivity index (χ0) is 13.5. The summed E-state index contributed by atoms with van der Waals surface area (Å²) in [6.45, 7) is 5.96. The van der Waals surface area contributed by atoms with Crippen molar-refractivity contribution in [2.45, 2.75) is 39.2 Å². The summed E-state index contributed by atoms with van der Waals surface area (Å²) < 4.78 is 16.6. The monoisotopic (exact) mass is 252 g/mol. The van der Waals surface area contributed by atoms with Crippen LogP contribution in [-0.4, -0.2) is 24.9 Å². The lowest BCUT2D eigenvalue weighted by Crippen LogP contribution is -2.33. The van der Waals surface area contributed by atoms with Crippen LogP contribution in [0.3, 0.4) is 0 Å². The lowest BCUT2D eigenvalue weighted by atomic mass is 9.91. The molecule has 1 aromatic rings. The van der Waals surface area contributed by atoms with Gasteiger partial charge in [0.05, 0.1) is 14.2 Å². The van der Waals surface area contributed by atoms with Crippen molar-refractivity contribution >= 4 is 0 Å². The van der Waals surface area contributed by atoms with Crippen LogP contribution < -0.4 is 14.2 Å². The van der Waals surface area contributed by atoms with E-state index < -0.39 is 0 Å². The lowest BCUT2D eigenvalue weighted by Gasteiger charge is -2.34. The predicted octanol–water partition coefficient (Wildman–Crippen LogP) is 2.82. The molecule has 2 rings (SSSR count). The fraction of sp³-hybridized carbons (Fsp3) is 0.571. The van der Waals surface area contributed by atoms with Gasteiger partial charge in [0.25, 0.3) is 0 Å². The van der Waals surface area contributed by atoms with Crippen LogP contribution in [0.4, 0.5) is 0 Å².